The van der Waals surface area contributed by atoms with E-state index in [-0.39, 0.29) is 0 Å². The lowest BCUT2D eigenvalue weighted by molar-refractivity contribution is 0.265. The van der Waals surface area contributed by atoms with Crippen LogP contribution in [0.3, 0.4) is 0 Å². The maximum absolute atomic E-state index is 5.76. The number of hydrogen-bond acceptors (Lipinski definition) is 2. The first-order valence-corrected chi connectivity index (χ1v) is 7.13. The van der Waals surface area contributed by atoms with Crippen molar-refractivity contribution in [3.8, 4) is 5.75 Å². The average molecular weight is 249 g/mol. The first-order valence-electron chi connectivity index (χ1n) is 7.13. The highest BCUT2D eigenvalue weighted by Crippen LogP contribution is 2.13. The Labute approximate surface area is 112 Å². The van der Waals surface area contributed by atoms with Crippen LogP contribution >= 0.6 is 0 Å². The van der Waals surface area contributed by atoms with Crippen molar-refractivity contribution in [1.29, 1.82) is 0 Å². The number of rotatable bonds is 9. The number of para-hydroxylation sites is 1. The fraction of sp³-hybridized carbons (Fsp3) is 0.625. The van der Waals surface area contributed by atoms with Gasteiger partial charge in [0.15, 0.2) is 0 Å². The third kappa shape index (κ3) is 6.65. The summed E-state index contributed by atoms with van der Waals surface area (Å²) in [6, 6.07) is 10.6. The van der Waals surface area contributed by atoms with Gasteiger partial charge in [-0.1, -0.05) is 45.4 Å². The van der Waals surface area contributed by atoms with Crippen LogP contribution < -0.4 is 10.1 Å². The molecule has 2 heteroatoms. The average Bonchev–Trinajstić information content (AvgIpc) is 2.37. The van der Waals surface area contributed by atoms with Crippen LogP contribution in [-0.2, 0) is 0 Å². The molecule has 0 aliphatic heterocycles. The Balaban J connectivity index is 2.24. The van der Waals surface area contributed by atoms with Crippen molar-refractivity contribution in [2.75, 3.05) is 13.2 Å². The summed E-state index contributed by atoms with van der Waals surface area (Å²) in [7, 11) is 0. The zero-order valence-electron chi connectivity index (χ0n) is 12.0. The minimum atomic E-state index is 0.569. The molecule has 2 nitrogen and oxygen atoms in total. The van der Waals surface area contributed by atoms with Crippen LogP contribution in [-0.4, -0.2) is 19.2 Å². The molecule has 0 bridgehead atoms. The van der Waals surface area contributed by atoms with Crippen LogP contribution in [0.1, 0.15) is 40.0 Å². The van der Waals surface area contributed by atoms with Gasteiger partial charge in [-0.15, -0.1) is 0 Å². The van der Waals surface area contributed by atoms with E-state index < -0.39 is 0 Å². The van der Waals surface area contributed by atoms with E-state index >= 15 is 0 Å². The molecule has 0 heterocycles. The molecule has 1 aromatic rings. The number of benzene rings is 1. The summed E-state index contributed by atoms with van der Waals surface area (Å²) < 4.78 is 5.76. The van der Waals surface area contributed by atoms with Crippen LogP contribution in [0.2, 0.25) is 0 Å². The summed E-state index contributed by atoms with van der Waals surface area (Å²) >= 11 is 0. The highest BCUT2D eigenvalue weighted by molar-refractivity contribution is 5.20. The number of nitrogens with one attached hydrogen (secondary N) is 1. The molecular formula is C16H27NO. The normalized spacial score (nSPS) is 12.7. The van der Waals surface area contributed by atoms with Crippen LogP contribution in [0.25, 0.3) is 0 Å². The highest BCUT2D eigenvalue weighted by Gasteiger charge is 2.08. The minimum Gasteiger partial charge on any atom is -0.494 e. The van der Waals surface area contributed by atoms with Gasteiger partial charge in [0.25, 0.3) is 0 Å². The van der Waals surface area contributed by atoms with Gasteiger partial charge in [0.2, 0.25) is 0 Å². The Morgan fingerprint density at radius 1 is 1.11 bits per heavy atom. The smallest absolute Gasteiger partial charge is 0.119 e. The van der Waals surface area contributed by atoms with E-state index in [1.807, 2.05) is 30.3 Å². The zero-order chi connectivity index (χ0) is 13.2. The molecule has 1 N–H and O–H groups in total. The van der Waals surface area contributed by atoms with Crippen LogP contribution in [0, 0.1) is 5.92 Å². The second-order valence-electron chi connectivity index (χ2n) is 5.17. The zero-order valence-corrected chi connectivity index (χ0v) is 12.0. The van der Waals surface area contributed by atoms with Crippen molar-refractivity contribution in [2.24, 2.45) is 5.92 Å². The van der Waals surface area contributed by atoms with Crippen LogP contribution in [0.4, 0.5) is 0 Å². The van der Waals surface area contributed by atoms with Gasteiger partial charge in [-0.25, -0.2) is 0 Å². The Morgan fingerprint density at radius 2 is 1.83 bits per heavy atom. The van der Waals surface area contributed by atoms with E-state index in [0.717, 1.165) is 31.2 Å². The van der Waals surface area contributed by atoms with Crippen LogP contribution in [0.15, 0.2) is 30.3 Å². The van der Waals surface area contributed by atoms with Gasteiger partial charge in [-0.3, -0.25) is 0 Å². The predicted molar refractivity (Wildman–Crippen MR) is 78.1 cm³/mol. The molecule has 0 spiro atoms. The lowest BCUT2D eigenvalue weighted by Crippen LogP contribution is -2.29. The van der Waals surface area contributed by atoms with Gasteiger partial charge in [0.05, 0.1) is 6.61 Å². The largest absolute Gasteiger partial charge is 0.494 e. The molecule has 1 aromatic carbocycles. The van der Waals surface area contributed by atoms with E-state index in [1.54, 1.807) is 0 Å². The molecule has 0 amide bonds. The predicted octanol–water partition coefficient (Wildman–Crippen LogP) is 3.87. The molecule has 1 atom stereocenters. The second-order valence-corrected chi connectivity index (χ2v) is 5.17. The topological polar surface area (TPSA) is 21.3 Å². The Morgan fingerprint density at radius 3 is 2.44 bits per heavy atom. The molecule has 0 aromatic heterocycles. The first kappa shape index (κ1) is 15.0. The Kier molecular flexibility index (Phi) is 7.51. The van der Waals surface area contributed by atoms with Crippen molar-refractivity contribution in [3.63, 3.8) is 0 Å². The van der Waals surface area contributed by atoms with E-state index in [2.05, 4.69) is 26.1 Å². The molecule has 102 valence electrons. The van der Waals surface area contributed by atoms with Gasteiger partial charge in [-0.2, -0.15) is 0 Å². The lowest BCUT2D eigenvalue weighted by Gasteiger charge is -2.18. The summed E-state index contributed by atoms with van der Waals surface area (Å²) in [5.74, 6) is 1.70. The summed E-state index contributed by atoms with van der Waals surface area (Å²) in [5.41, 5.74) is 0. The molecule has 0 aliphatic rings. The van der Waals surface area contributed by atoms with Gasteiger partial charge < -0.3 is 10.1 Å². The van der Waals surface area contributed by atoms with Crippen molar-refractivity contribution < 1.29 is 4.74 Å². The Hall–Kier alpha value is -1.02. The summed E-state index contributed by atoms with van der Waals surface area (Å²) in [5, 5.41) is 3.52. The van der Waals surface area contributed by atoms with Crippen molar-refractivity contribution >= 4 is 0 Å². The van der Waals surface area contributed by atoms with E-state index in [0.29, 0.717) is 6.04 Å². The summed E-state index contributed by atoms with van der Waals surface area (Å²) in [6.45, 7) is 8.56. The van der Waals surface area contributed by atoms with Gasteiger partial charge in [0.1, 0.15) is 5.75 Å². The molecule has 0 radical (unpaired) electrons. The molecule has 1 unspecified atom stereocenters. The minimum absolute atomic E-state index is 0.569. The molecule has 0 aliphatic carbocycles. The SMILES string of the molecule is CCCC(CCOc1ccccc1)CNC(C)C. The number of ether oxygens (including phenoxy) is 1. The highest BCUT2D eigenvalue weighted by atomic mass is 16.5. The fourth-order valence-corrected chi connectivity index (χ4v) is 2.02. The standard InChI is InChI=1S/C16H27NO/c1-4-8-15(13-17-14(2)3)11-12-18-16-9-6-5-7-10-16/h5-7,9-10,14-15,17H,4,8,11-13H2,1-3H3. The quantitative estimate of drug-likeness (QED) is 0.717. The molecule has 0 saturated heterocycles. The van der Waals surface area contributed by atoms with E-state index in [9.17, 15) is 0 Å². The lowest BCUT2D eigenvalue weighted by atomic mass is 10.00. The van der Waals surface area contributed by atoms with Gasteiger partial charge in [-0.05, 0) is 37.4 Å². The molecule has 0 saturated carbocycles. The third-order valence-electron chi connectivity index (χ3n) is 3.05. The van der Waals surface area contributed by atoms with Crippen molar-refractivity contribution in [2.45, 2.75) is 46.1 Å². The molecule has 0 fully saturated rings. The van der Waals surface area contributed by atoms with E-state index in [4.69, 9.17) is 4.74 Å². The Bertz CT molecular complexity index is 297. The van der Waals surface area contributed by atoms with Crippen molar-refractivity contribution in [3.05, 3.63) is 30.3 Å². The maximum Gasteiger partial charge on any atom is 0.119 e. The molecule has 18 heavy (non-hydrogen) atoms. The third-order valence-corrected chi connectivity index (χ3v) is 3.05. The first-order chi connectivity index (χ1) is 8.72. The summed E-state index contributed by atoms with van der Waals surface area (Å²) in [4.78, 5) is 0. The maximum atomic E-state index is 5.76. The monoisotopic (exact) mass is 249 g/mol. The molecule has 1 rings (SSSR count). The fourth-order valence-electron chi connectivity index (χ4n) is 2.02. The van der Waals surface area contributed by atoms with Gasteiger partial charge in [0, 0.05) is 6.04 Å². The van der Waals surface area contributed by atoms with Gasteiger partial charge >= 0.3 is 0 Å². The number of hydrogen-bond donors (Lipinski definition) is 1. The second kappa shape index (κ2) is 8.98. The van der Waals surface area contributed by atoms with E-state index in [1.165, 1.54) is 12.8 Å². The summed E-state index contributed by atoms with van der Waals surface area (Å²) in [6.07, 6.45) is 3.65. The van der Waals surface area contributed by atoms with Crippen LogP contribution in [0.5, 0.6) is 5.75 Å². The van der Waals surface area contributed by atoms with Crippen molar-refractivity contribution in [1.82, 2.24) is 5.32 Å². The molecular weight excluding hydrogens is 222 g/mol.